The second-order valence-electron chi connectivity index (χ2n) is 5.33. The van der Waals surface area contributed by atoms with Crippen molar-refractivity contribution < 1.29 is 9.18 Å². The smallest absolute Gasteiger partial charge is 0.252 e. The fourth-order valence-electron chi connectivity index (χ4n) is 2.29. The lowest BCUT2D eigenvalue weighted by Crippen LogP contribution is -2.23. The van der Waals surface area contributed by atoms with Gasteiger partial charge in [0, 0.05) is 23.4 Å². The average Bonchev–Trinajstić information content (AvgIpc) is 3.09. The summed E-state index contributed by atoms with van der Waals surface area (Å²) < 4.78 is 15.7. The van der Waals surface area contributed by atoms with Gasteiger partial charge in [0.2, 0.25) is 0 Å². The van der Waals surface area contributed by atoms with Crippen LogP contribution in [-0.4, -0.2) is 15.7 Å². The van der Waals surface area contributed by atoms with Crippen LogP contribution in [0.3, 0.4) is 0 Å². The summed E-state index contributed by atoms with van der Waals surface area (Å²) in [6.45, 7) is 1.08. The summed E-state index contributed by atoms with van der Waals surface area (Å²) in [5, 5.41) is 6.96. The first-order valence-electron chi connectivity index (χ1n) is 7.40. The number of aromatic nitrogens is 2. The molecule has 0 saturated heterocycles. The van der Waals surface area contributed by atoms with Crippen LogP contribution in [0.4, 0.5) is 4.39 Å². The third-order valence-corrected chi connectivity index (χ3v) is 4.24. The molecule has 0 bridgehead atoms. The van der Waals surface area contributed by atoms with Gasteiger partial charge in [-0.3, -0.25) is 9.48 Å². The number of nitrogens with zero attached hydrogens (tertiary/aromatic N) is 2. The van der Waals surface area contributed by atoms with Gasteiger partial charge in [-0.25, -0.2) is 4.39 Å². The summed E-state index contributed by atoms with van der Waals surface area (Å²) in [5.41, 5.74) is 2.38. The van der Waals surface area contributed by atoms with Crippen molar-refractivity contribution >= 4 is 21.8 Å². The Labute approximate surface area is 147 Å². The maximum absolute atomic E-state index is 13.3. The van der Waals surface area contributed by atoms with Gasteiger partial charge < -0.3 is 5.32 Å². The Morgan fingerprint density at radius 3 is 2.62 bits per heavy atom. The van der Waals surface area contributed by atoms with Crippen LogP contribution in [0.5, 0.6) is 0 Å². The molecule has 0 atom stereocenters. The molecule has 0 radical (unpaired) electrons. The minimum absolute atomic E-state index is 0.283. The Hall–Kier alpha value is -2.47. The highest BCUT2D eigenvalue weighted by molar-refractivity contribution is 9.10. The Bertz CT molecular complexity index is 832. The highest BCUT2D eigenvalue weighted by Gasteiger charge is 2.10. The molecular weight excluding hydrogens is 373 g/mol. The van der Waals surface area contributed by atoms with E-state index in [2.05, 4.69) is 26.3 Å². The summed E-state index contributed by atoms with van der Waals surface area (Å²) in [6.07, 6.45) is 3.65. The molecule has 0 aliphatic rings. The summed E-state index contributed by atoms with van der Waals surface area (Å²) in [4.78, 5) is 12.2. The molecule has 1 aromatic heterocycles. The summed E-state index contributed by atoms with van der Waals surface area (Å²) in [7, 11) is 0. The third kappa shape index (κ3) is 4.08. The van der Waals surface area contributed by atoms with Crippen LogP contribution in [-0.2, 0) is 13.1 Å². The van der Waals surface area contributed by atoms with E-state index < -0.39 is 5.82 Å². The monoisotopic (exact) mass is 387 g/mol. The molecule has 0 fully saturated rings. The first-order chi connectivity index (χ1) is 11.6. The molecule has 3 rings (SSSR count). The van der Waals surface area contributed by atoms with Crippen molar-refractivity contribution in [1.82, 2.24) is 15.1 Å². The predicted molar refractivity (Wildman–Crippen MR) is 93.0 cm³/mol. The van der Waals surface area contributed by atoms with Gasteiger partial charge in [-0.2, -0.15) is 5.10 Å². The van der Waals surface area contributed by atoms with Gasteiger partial charge in [0.05, 0.1) is 12.1 Å². The number of hydrogen-bond acceptors (Lipinski definition) is 2. The first-order valence-corrected chi connectivity index (χ1v) is 8.19. The number of nitrogens with one attached hydrogen (secondary N) is 1. The van der Waals surface area contributed by atoms with Crippen LogP contribution in [0, 0.1) is 5.82 Å². The predicted octanol–water partition coefficient (Wildman–Crippen LogP) is 3.76. The number of carbonyl (C=O) groups is 1. The van der Waals surface area contributed by atoms with Crippen molar-refractivity contribution in [3.8, 4) is 0 Å². The maximum atomic E-state index is 13.3. The van der Waals surface area contributed by atoms with Crippen LogP contribution in [0.25, 0.3) is 0 Å². The van der Waals surface area contributed by atoms with E-state index in [-0.39, 0.29) is 11.5 Å². The van der Waals surface area contributed by atoms with Crippen LogP contribution >= 0.6 is 15.9 Å². The number of amides is 1. The minimum Gasteiger partial charge on any atom is -0.348 e. The fourth-order valence-corrected chi connectivity index (χ4v) is 2.72. The fraction of sp³-hybridized carbons (Fsp3) is 0.111. The zero-order valence-electron chi connectivity index (χ0n) is 12.7. The number of benzene rings is 2. The highest BCUT2D eigenvalue weighted by atomic mass is 79.9. The van der Waals surface area contributed by atoms with Crippen LogP contribution in [0.2, 0.25) is 0 Å². The topological polar surface area (TPSA) is 46.9 Å². The molecule has 1 heterocycles. The lowest BCUT2D eigenvalue weighted by atomic mass is 10.1. The molecule has 6 heteroatoms. The molecule has 1 N–H and O–H groups in total. The van der Waals surface area contributed by atoms with Crippen molar-refractivity contribution in [3.05, 3.63) is 87.9 Å². The van der Waals surface area contributed by atoms with Crippen molar-refractivity contribution in [1.29, 1.82) is 0 Å². The molecule has 2 aromatic carbocycles. The van der Waals surface area contributed by atoms with Crippen molar-refractivity contribution in [3.63, 3.8) is 0 Å². The van der Waals surface area contributed by atoms with E-state index in [0.717, 1.165) is 11.1 Å². The van der Waals surface area contributed by atoms with Crippen LogP contribution in [0.1, 0.15) is 21.5 Å². The average molecular weight is 388 g/mol. The van der Waals surface area contributed by atoms with Gasteiger partial charge in [0.15, 0.2) is 0 Å². The summed E-state index contributed by atoms with van der Waals surface area (Å²) in [5.74, 6) is -0.756. The number of halogens is 2. The van der Waals surface area contributed by atoms with Gasteiger partial charge >= 0.3 is 0 Å². The van der Waals surface area contributed by atoms with Gasteiger partial charge in [0.25, 0.3) is 5.91 Å². The second-order valence-corrected chi connectivity index (χ2v) is 6.18. The lowest BCUT2D eigenvalue weighted by molar-refractivity contribution is 0.0949. The van der Waals surface area contributed by atoms with Crippen LogP contribution < -0.4 is 5.32 Å². The first kappa shape index (κ1) is 16.4. The molecular formula is C18H15BrFN3O. The van der Waals surface area contributed by atoms with E-state index in [1.54, 1.807) is 6.20 Å². The Kier molecular flexibility index (Phi) is 5.05. The Morgan fingerprint density at radius 1 is 1.17 bits per heavy atom. The molecule has 0 saturated carbocycles. The molecule has 0 spiro atoms. The minimum atomic E-state index is -0.439. The van der Waals surface area contributed by atoms with Crippen LogP contribution in [0.15, 0.2) is 65.4 Å². The van der Waals surface area contributed by atoms with Crippen molar-refractivity contribution in [2.75, 3.05) is 0 Å². The van der Waals surface area contributed by atoms with Gasteiger partial charge in [0.1, 0.15) is 5.82 Å². The summed E-state index contributed by atoms with van der Waals surface area (Å²) in [6, 6.07) is 13.8. The number of rotatable bonds is 5. The van der Waals surface area contributed by atoms with Gasteiger partial charge in [-0.1, -0.05) is 24.3 Å². The molecule has 3 aromatic rings. The maximum Gasteiger partial charge on any atom is 0.252 e. The SMILES string of the molecule is O=C(NCc1ccc(Cn2cccn2)cc1)c1cc(F)ccc1Br. The summed E-state index contributed by atoms with van der Waals surface area (Å²) >= 11 is 3.26. The third-order valence-electron chi connectivity index (χ3n) is 3.55. The molecule has 24 heavy (non-hydrogen) atoms. The van der Waals surface area contributed by atoms with E-state index in [1.807, 2.05) is 41.2 Å². The van der Waals surface area contributed by atoms with E-state index in [1.165, 1.54) is 18.2 Å². The molecule has 122 valence electrons. The number of hydrogen-bond donors (Lipinski definition) is 1. The molecule has 0 aliphatic heterocycles. The second kappa shape index (κ2) is 7.40. The Balaban J connectivity index is 1.60. The molecule has 0 unspecified atom stereocenters. The molecule has 0 aliphatic carbocycles. The molecule has 4 nitrogen and oxygen atoms in total. The zero-order valence-corrected chi connectivity index (χ0v) is 14.3. The van der Waals surface area contributed by atoms with Crippen molar-refractivity contribution in [2.24, 2.45) is 0 Å². The standard InChI is InChI=1S/C18H15BrFN3O/c19-17-7-6-15(20)10-16(17)18(24)21-11-13-2-4-14(5-3-13)12-23-9-1-8-22-23/h1-10H,11-12H2,(H,21,24). The van der Waals surface area contributed by atoms with Gasteiger partial charge in [-0.15, -0.1) is 0 Å². The lowest BCUT2D eigenvalue weighted by Gasteiger charge is -2.08. The normalized spacial score (nSPS) is 10.6. The molecule has 1 amide bonds. The highest BCUT2D eigenvalue weighted by Crippen LogP contribution is 2.18. The Morgan fingerprint density at radius 2 is 1.92 bits per heavy atom. The quantitative estimate of drug-likeness (QED) is 0.724. The van der Waals surface area contributed by atoms with Gasteiger partial charge in [-0.05, 0) is 51.3 Å². The van der Waals surface area contributed by atoms with E-state index in [0.29, 0.717) is 17.6 Å². The number of carbonyl (C=O) groups excluding carboxylic acids is 1. The van der Waals surface area contributed by atoms with E-state index in [9.17, 15) is 9.18 Å². The largest absolute Gasteiger partial charge is 0.348 e. The van der Waals surface area contributed by atoms with E-state index >= 15 is 0 Å². The van der Waals surface area contributed by atoms with Crippen molar-refractivity contribution in [2.45, 2.75) is 13.1 Å². The van der Waals surface area contributed by atoms with E-state index in [4.69, 9.17) is 0 Å². The zero-order chi connectivity index (χ0) is 16.9.